The van der Waals surface area contributed by atoms with Crippen molar-refractivity contribution in [2.24, 2.45) is 5.41 Å². The highest BCUT2D eigenvalue weighted by atomic mass is 32.3. The number of aliphatic hydroxyl groups excluding tert-OH is 1. The lowest BCUT2D eigenvalue weighted by atomic mass is 9.92. The molecule has 10 nitrogen and oxygen atoms in total. The summed E-state index contributed by atoms with van der Waals surface area (Å²) in [7, 11) is -10.3. The van der Waals surface area contributed by atoms with E-state index in [0.29, 0.717) is 13.2 Å². The van der Waals surface area contributed by atoms with Crippen LogP contribution in [0.2, 0.25) is 0 Å². The van der Waals surface area contributed by atoms with Crippen LogP contribution in [-0.4, -0.2) is 66.1 Å². The second kappa shape index (κ2) is 18.9. The number of aliphatic hydroxyl groups is 1. The lowest BCUT2D eigenvalue weighted by molar-refractivity contribution is -0.0728. The van der Waals surface area contributed by atoms with Crippen LogP contribution >= 0.6 is 0 Å². The van der Waals surface area contributed by atoms with E-state index in [2.05, 4.69) is 21.7 Å². The zero-order valence-electron chi connectivity index (χ0n) is 20.2. The van der Waals surface area contributed by atoms with Crippen molar-refractivity contribution in [2.75, 3.05) is 39.6 Å². The van der Waals surface area contributed by atoms with E-state index < -0.39 is 39.4 Å². The summed E-state index contributed by atoms with van der Waals surface area (Å²) in [6.45, 7) is 3.92. The molecular formula is C21H44O10S2. The molecule has 0 saturated heterocycles. The molecule has 0 atom stereocenters. The van der Waals surface area contributed by atoms with Crippen molar-refractivity contribution in [2.45, 2.75) is 90.9 Å². The maximum absolute atomic E-state index is 11.7. The number of hydrogen-bond acceptors (Lipinski definition) is 9. The lowest BCUT2D eigenvalue weighted by Gasteiger charge is -2.30. The maximum Gasteiger partial charge on any atom is 0.416 e. The molecule has 0 saturated carbocycles. The van der Waals surface area contributed by atoms with E-state index in [4.69, 9.17) is 14.0 Å². The average molecular weight is 521 g/mol. The Kier molecular flexibility index (Phi) is 18.7. The molecule has 0 aromatic rings. The smallest absolute Gasteiger partial charge is 0.396 e. The molecule has 0 spiro atoms. The molecule has 2 N–H and O–H groups in total. The molecule has 200 valence electrons. The first-order valence-corrected chi connectivity index (χ1v) is 14.6. The molecular weight excluding hydrogens is 476 g/mol. The summed E-state index contributed by atoms with van der Waals surface area (Å²) < 4.78 is 72.8. The Morgan fingerprint density at radius 1 is 0.667 bits per heavy atom. The molecule has 0 aromatic carbocycles. The van der Waals surface area contributed by atoms with Gasteiger partial charge in [-0.2, -0.15) is 16.8 Å². The molecule has 0 amide bonds. The fourth-order valence-electron chi connectivity index (χ4n) is 3.13. The van der Waals surface area contributed by atoms with Gasteiger partial charge in [0.15, 0.2) is 0 Å². The zero-order chi connectivity index (χ0) is 25.1. The van der Waals surface area contributed by atoms with Crippen molar-refractivity contribution in [3.63, 3.8) is 0 Å². The summed E-state index contributed by atoms with van der Waals surface area (Å²) >= 11 is 0. The SMILES string of the molecule is CCCCCCCCOCC(CO)(COCCCCCCCC)COS(=O)(=O)OS(=O)(=O)O. The molecule has 0 aliphatic carbocycles. The van der Waals surface area contributed by atoms with E-state index in [1.165, 1.54) is 38.5 Å². The van der Waals surface area contributed by atoms with Gasteiger partial charge >= 0.3 is 20.8 Å². The number of hydrogen-bond donors (Lipinski definition) is 2. The first kappa shape index (κ1) is 32.7. The fraction of sp³-hybridized carbons (Fsp3) is 1.00. The number of unbranched alkanes of at least 4 members (excludes halogenated alkanes) is 10. The molecule has 0 fully saturated rings. The molecule has 12 heteroatoms. The summed E-state index contributed by atoms with van der Waals surface area (Å²) in [5, 5.41) is 9.96. The van der Waals surface area contributed by atoms with Crippen LogP contribution in [0, 0.1) is 5.41 Å². The summed E-state index contributed by atoms with van der Waals surface area (Å²) in [5.74, 6) is 0. The topological polar surface area (TPSA) is 146 Å². The Labute approximate surface area is 200 Å². The molecule has 0 radical (unpaired) electrons. The summed E-state index contributed by atoms with van der Waals surface area (Å²) in [6.07, 6.45) is 13.0. The van der Waals surface area contributed by atoms with Crippen molar-refractivity contribution in [1.82, 2.24) is 0 Å². The Morgan fingerprint density at radius 2 is 1.09 bits per heavy atom. The van der Waals surface area contributed by atoms with Gasteiger partial charge in [0.2, 0.25) is 0 Å². The molecule has 0 rings (SSSR count). The van der Waals surface area contributed by atoms with Gasteiger partial charge in [-0.05, 0) is 12.8 Å². The van der Waals surface area contributed by atoms with Crippen molar-refractivity contribution in [3.05, 3.63) is 0 Å². The Morgan fingerprint density at radius 3 is 1.48 bits per heavy atom. The van der Waals surface area contributed by atoms with Gasteiger partial charge in [0, 0.05) is 13.2 Å². The van der Waals surface area contributed by atoms with E-state index in [0.717, 1.165) is 38.5 Å². The van der Waals surface area contributed by atoms with Gasteiger partial charge in [-0.25, -0.2) is 4.18 Å². The van der Waals surface area contributed by atoms with Gasteiger partial charge in [-0.3, -0.25) is 4.55 Å². The van der Waals surface area contributed by atoms with Crippen LogP contribution in [0.5, 0.6) is 0 Å². The standard InChI is InChI=1S/C21H44O10S2/c1-3-5-7-9-11-13-15-28-18-21(17-22,19-29-16-14-12-10-8-6-4-2)20-30-33(26,27)31-32(23,24)25/h22H,3-20H2,1-2H3,(H,23,24,25). The maximum atomic E-state index is 11.7. The van der Waals surface area contributed by atoms with Crippen LogP contribution < -0.4 is 0 Å². The van der Waals surface area contributed by atoms with E-state index >= 15 is 0 Å². The molecule has 0 aromatic heterocycles. The molecule has 0 bridgehead atoms. The fourth-order valence-corrected chi connectivity index (χ4v) is 4.52. The first-order valence-electron chi connectivity index (χ1n) is 11.9. The Balaban J connectivity index is 4.69. The van der Waals surface area contributed by atoms with Crippen molar-refractivity contribution in [3.8, 4) is 0 Å². The largest absolute Gasteiger partial charge is 0.416 e. The van der Waals surface area contributed by atoms with Crippen LogP contribution in [0.3, 0.4) is 0 Å². The molecule has 0 heterocycles. The highest BCUT2D eigenvalue weighted by Gasteiger charge is 2.35. The van der Waals surface area contributed by atoms with Crippen LogP contribution in [0.4, 0.5) is 0 Å². The highest BCUT2D eigenvalue weighted by Crippen LogP contribution is 2.21. The van der Waals surface area contributed by atoms with Crippen molar-refractivity contribution in [1.29, 1.82) is 0 Å². The minimum absolute atomic E-state index is 0.0453. The quantitative estimate of drug-likeness (QED) is 0.142. The summed E-state index contributed by atoms with van der Waals surface area (Å²) in [6, 6.07) is 0. The van der Waals surface area contributed by atoms with Crippen LogP contribution in [0.25, 0.3) is 0 Å². The second-order valence-electron chi connectivity index (χ2n) is 8.47. The molecule has 0 aliphatic rings. The zero-order valence-corrected chi connectivity index (χ0v) is 21.8. The van der Waals surface area contributed by atoms with Gasteiger partial charge < -0.3 is 14.6 Å². The Hall–Kier alpha value is -0.340. The van der Waals surface area contributed by atoms with Gasteiger partial charge in [-0.1, -0.05) is 78.1 Å². The molecule has 0 unspecified atom stereocenters. The number of rotatable bonds is 24. The minimum Gasteiger partial charge on any atom is -0.396 e. The summed E-state index contributed by atoms with van der Waals surface area (Å²) in [5.41, 5.74) is -1.24. The van der Waals surface area contributed by atoms with Gasteiger partial charge in [0.1, 0.15) is 0 Å². The Bertz CT molecular complexity index is 645. The van der Waals surface area contributed by atoms with E-state index in [-0.39, 0.29) is 13.2 Å². The predicted molar refractivity (Wildman–Crippen MR) is 125 cm³/mol. The van der Waals surface area contributed by atoms with Gasteiger partial charge in [-0.15, -0.1) is 3.63 Å². The van der Waals surface area contributed by atoms with Gasteiger partial charge in [0.25, 0.3) is 0 Å². The minimum atomic E-state index is -5.26. The molecule has 0 aliphatic heterocycles. The van der Waals surface area contributed by atoms with E-state index in [1.54, 1.807) is 0 Å². The second-order valence-corrected chi connectivity index (χ2v) is 10.9. The predicted octanol–water partition coefficient (Wildman–Crippen LogP) is 3.80. The normalized spacial score (nSPS) is 13.0. The average Bonchev–Trinajstić information content (AvgIpc) is 2.73. The van der Waals surface area contributed by atoms with Crippen molar-refractivity contribution >= 4 is 20.8 Å². The third-order valence-electron chi connectivity index (χ3n) is 5.12. The van der Waals surface area contributed by atoms with Crippen LogP contribution in [-0.2, 0) is 38.1 Å². The molecule has 33 heavy (non-hydrogen) atoms. The monoisotopic (exact) mass is 520 g/mol. The van der Waals surface area contributed by atoms with Crippen molar-refractivity contribution < 1.29 is 43.8 Å². The lowest BCUT2D eigenvalue weighted by Crippen LogP contribution is -2.42. The third kappa shape index (κ3) is 19.6. The number of ether oxygens (including phenoxy) is 2. The van der Waals surface area contributed by atoms with Crippen LogP contribution in [0.1, 0.15) is 90.9 Å². The highest BCUT2D eigenvalue weighted by molar-refractivity contribution is 7.94. The third-order valence-corrected chi connectivity index (χ3v) is 6.88. The summed E-state index contributed by atoms with van der Waals surface area (Å²) in [4.78, 5) is 0. The first-order chi connectivity index (χ1) is 15.6. The van der Waals surface area contributed by atoms with Gasteiger partial charge in [0.05, 0.1) is 31.8 Å². The van der Waals surface area contributed by atoms with E-state index in [1.807, 2.05) is 0 Å². The van der Waals surface area contributed by atoms with E-state index in [9.17, 15) is 21.9 Å². The van der Waals surface area contributed by atoms with Crippen LogP contribution in [0.15, 0.2) is 0 Å².